The van der Waals surface area contributed by atoms with Gasteiger partial charge in [0.1, 0.15) is 0 Å². The highest BCUT2D eigenvalue weighted by Gasteiger charge is 2.15. The Hall–Kier alpha value is -0.780. The molecule has 14 heavy (non-hydrogen) atoms. The van der Waals surface area contributed by atoms with Gasteiger partial charge in [0.05, 0.1) is 0 Å². The molecule has 1 aromatic carbocycles. The normalized spacial score (nSPS) is 19.2. The molecule has 0 aromatic heterocycles. The number of fused-ring (bicyclic) bond motifs is 1. The first-order chi connectivity index (χ1) is 6.90. The molecule has 0 heterocycles. The molecule has 0 spiro atoms. The molecule has 1 aliphatic rings. The number of benzene rings is 1. The van der Waals surface area contributed by atoms with Crippen molar-refractivity contribution in [1.29, 1.82) is 0 Å². The lowest BCUT2D eigenvalue weighted by Gasteiger charge is -2.23. The molecule has 0 N–H and O–H groups in total. The Morgan fingerprint density at radius 3 is 2.43 bits per heavy atom. The van der Waals surface area contributed by atoms with Crippen LogP contribution in [0, 0.1) is 5.92 Å². The molecule has 1 aromatic rings. The van der Waals surface area contributed by atoms with Crippen LogP contribution in [0.1, 0.15) is 44.7 Å². The zero-order valence-electron chi connectivity index (χ0n) is 9.72. The summed E-state index contributed by atoms with van der Waals surface area (Å²) in [5.74, 6) is 0.944. The summed E-state index contributed by atoms with van der Waals surface area (Å²) in [6.45, 7) is 6.30. The molecule has 1 unspecified atom stereocenters. The lowest BCUT2D eigenvalue weighted by molar-refractivity contribution is 0.445. The lowest BCUT2D eigenvalue weighted by atomic mass is 9.83. The van der Waals surface area contributed by atoms with Crippen molar-refractivity contribution < 1.29 is 0 Å². The van der Waals surface area contributed by atoms with Crippen LogP contribution >= 0.6 is 0 Å². The molecular weight excluding hydrogens is 168 g/mol. The molecule has 0 aliphatic heterocycles. The fraction of sp³-hybridized carbons (Fsp3) is 0.571. The van der Waals surface area contributed by atoms with Crippen LogP contribution < -0.4 is 0 Å². The van der Waals surface area contributed by atoms with Gasteiger partial charge in [-0.1, -0.05) is 51.5 Å². The maximum Gasteiger partial charge on any atom is -0.0248 e. The van der Waals surface area contributed by atoms with E-state index in [0.717, 1.165) is 5.92 Å². The predicted octanol–water partition coefficient (Wildman–Crippen LogP) is 4.23. The summed E-state index contributed by atoms with van der Waals surface area (Å²) in [4.78, 5) is 0. The van der Waals surface area contributed by atoms with E-state index in [1.54, 1.807) is 11.1 Å². The van der Waals surface area contributed by atoms with Gasteiger partial charge in [0.2, 0.25) is 0 Å². The summed E-state index contributed by atoms with van der Waals surface area (Å²) < 4.78 is 0. The van der Waals surface area contributed by atoms with E-state index < -0.39 is 0 Å². The van der Waals surface area contributed by atoms with Crippen LogP contribution in [0.2, 0.25) is 0 Å². The van der Waals surface area contributed by atoms with Gasteiger partial charge in [-0.05, 0) is 36.3 Å². The van der Waals surface area contributed by atoms with Gasteiger partial charge in [-0.25, -0.2) is 0 Å². The number of hydrogen-bond donors (Lipinski definition) is 0. The van der Waals surface area contributed by atoms with E-state index in [0.29, 0.717) is 0 Å². The minimum absolute atomic E-state index is 0.944. The molecule has 1 aliphatic carbocycles. The highest BCUT2D eigenvalue weighted by atomic mass is 14.2. The molecule has 2 rings (SSSR count). The quantitative estimate of drug-likeness (QED) is 0.621. The van der Waals surface area contributed by atoms with E-state index in [2.05, 4.69) is 31.2 Å². The molecular formula is C14H22. The number of hydrogen-bond acceptors (Lipinski definition) is 0. The summed E-state index contributed by atoms with van der Waals surface area (Å²) in [5.41, 5.74) is 3.18. The fourth-order valence-corrected chi connectivity index (χ4v) is 2.12. The molecule has 0 heteroatoms. The van der Waals surface area contributed by atoms with Gasteiger partial charge in [0, 0.05) is 0 Å². The topological polar surface area (TPSA) is 0 Å². The van der Waals surface area contributed by atoms with Crippen molar-refractivity contribution in [1.82, 2.24) is 0 Å². The highest BCUT2D eigenvalue weighted by Crippen LogP contribution is 2.26. The van der Waals surface area contributed by atoms with Crippen LogP contribution in [0.15, 0.2) is 24.3 Å². The van der Waals surface area contributed by atoms with E-state index in [1.165, 1.54) is 25.7 Å². The van der Waals surface area contributed by atoms with E-state index in [9.17, 15) is 0 Å². The van der Waals surface area contributed by atoms with E-state index >= 15 is 0 Å². The maximum atomic E-state index is 2.30. The number of rotatable bonds is 1. The first-order valence-corrected chi connectivity index (χ1v) is 5.97. The van der Waals surface area contributed by atoms with Crippen molar-refractivity contribution in [2.75, 3.05) is 0 Å². The van der Waals surface area contributed by atoms with Gasteiger partial charge in [-0.15, -0.1) is 0 Å². The smallest absolute Gasteiger partial charge is 0.0248 e. The third-order valence-electron chi connectivity index (χ3n) is 3.03. The molecule has 0 fully saturated rings. The zero-order chi connectivity index (χ0) is 10.4. The van der Waals surface area contributed by atoms with Crippen LogP contribution in [-0.2, 0) is 12.8 Å². The Morgan fingerprint density at radius 2 is 1.79 bits per heavy atom. The van der Waals surface area contributed by atoms with Crippen molar-refractivity contribution >= 4 is 0 Å². The SMILES string of the molecule is CC.CCC1CCc2ccccc2C1. The molecule has 0 bridgehead atoms. The van der Waals surface area contributed by atoms with Gasteiger partial charge in [-0.2, -0.15) is 0 Å². The Bertz CT molecular complexity index is 262. The Morgan fingerprint density at radius 1 is 1.14 bits per heavy atom. The van der Waals surface area contributed by atoms with Crippen molar-refractivity contribution in [2.24, 2.45) is 5.92 Å². The minimum Gasteiger partial charge on any atom is -0.0683 e. The Labute approximate surface area is 88.4 Å². The standard InChI is InChI=1S/C12H16.C2H6/c1-2-10-7-8-11-5-3-4-6-12(11)9-10;1-2/h3-6,10H,2,7-9H2,1H3;1-2H3. The molecule has 0 nitrogen and oxygen atoms in total. The molecule has 78 valence electrons. The Balaban J connectivity index is 0.000000461. The molecule has 0 radical (unpaired) electrons. The average Bonchev–Trinajstić information content (AvgIpc) is 2.31. The van der Waals surface area contributed by atoms with E-state index in [-0.39, 0.29) is 0 Å². The Kier molecular flexibility index (Phi) is 4.72. The van der Waals surface area contributed by atoms with Gasteiger partial charge in [0.15, 0.2) is 0 Å². The largest absolute Gasteiger partial charge is 0.0683 e. The van der Waals surface area contributed by atoms with Crippen LogP contribution in [0.25, 0.3) is 0 Å². The van der Waals surface area contributed by atoms with Gasteiger partial charge < -0.3 is 0 Å². The summed E-state index contributed by atoms with van der Waals surface area (Å²) in [6.07, 6.45) is 5.35. The summed E-state index contributed by atoms with van der Waals surface area (Å²) in [6, 6.07) is 8.89. The second-order valence-corrected chi connectivity index (χ2v) is 3.79. The first kappa shape index (κ1) is 11.3. The molecule has 1 atom stereocenters. The summed E-state index contributed by atoms with van der Waals surface area (Å²) in [7, 11) is 0. The average molecular weight is 190 g/mol. The third kappa shape index (κ3) is 2.60. The van der Waals surface area contributed by atoms with Crippen molar-refractivity contribution in [3.8, 4) is 0 Å². The second-order valence-electron chi connectivity index (χ2n) is 3.79. The number of aryl methyl sites for hydroxylation is 1. The second kappa shape index (κ2) is 5.85. The molecule has 0 saturated carbocycles. The zero-order valence-corrected chi connectivity index (χ0v) is 9.72. The van der Waals surface area contributed by atoms with E-state index in [1.807, 2.05) is 13.8 Å². The van der Waals surface area contributed by atoms with Crippen LogP contribution in [0.5, 0.6) is 0 Å². The minimum atomic E-state index is 0.944. The van der Waals surface area contributed by atoms with Gasteiger partial charge in [-0.3, -0.25) is 0 Å². The van der Waals surface area contributed by atoms with Crippen molar-refractivity contribution in [2.45, 2.75) is 46.5 Å². The first-order valence-electron chi connectivity index (χ1n) is 5.97. The van der Waals surface area contributed by atoms with Crippen LogP contribution in [-0.4, -0.2) is 0 Å². The van der Waals surface area contributed by atoms with Crippen molar-refractivity contribution in [3.63, 3.8) is 0 Å². The molecule has 0 amide bonds. The van der Waals surface area contributed by atoms with Crippen LogP contribution in [0.4, 0.5) is 0 Å². The monoisotopic (exact) mass is 190 g/mol. The highest BCUT2D eigenvalue weighted by molar-refractivity contribution is 5.29. The predicted molar refractivity (Wildman–Crippen MR) is 63.6 cm³/mol. The summed E-state index contributed by atoms with van der Waals surface area (Å²) in [5, 5.41) is 0. The lowest BCUT2D eigenvalue weighted by Crippen LogP contribution is -2.12. The molecule has 0 saturated heterocycles. The fourth-order valence-electron chi connectivity index (χ4n) is 2.12. The van der Waals surface area contributed by atoms with Gasteiger partial charge in [0.25, 0.3) is 0 Å². The third-order valence-corrected chi connectivity index (χ3v) is 3.03. The van der Waals surface area contributed by atoms with E-state index in [4.69, 9.17) is 0 Å². The van der Waals surface area contributed by atoms with Crippen molar-refractivity contribution in [3.05, 3.63) is 35.4 Å². The maximum absolute atomic E-state index is 2.30. The summed E-state index contributed by atoms with van der Waals surface area (Å²) >= 11 is 0. The van der Waals surface area contributed by atoms with Crippen LogP contribution in [0.3, 0.4) is 0 Å². The van der Waals surface area contributed by atoms with Gasteiger partial charge >= 0.3 is 0 Å².